The number of aliphatic hydroxyl groups is 1. The fourth-order valence-corrected chi connectivity index (χ4v) is 1.58. The van der Waals surface area contributed by atoms with Gasteiger partial charge in [-0.25, -0.2) is 0 Å². The Morgan fingerprint density at radius 3 is 2.60 bits per heavy atom. The molecule has 5 heteroatoms. The maximum Gasteiger partial charge on any atom is 0.273 e. The van der Waals surface area contributed by atoms with Crippen molar-refractivity contribution >= 4 is 5.91 Å². The predicted octanol–water partition coefficient (Wildman–Crippen LogP) is 2.23. The number of hydrogen-bond donors (Lipinski definition) is 2. The monoisotopic (exact) mass is 274 g/mol. The van der Waals surface area contributed by atoms with Crippen LogP contribution in [-0.2, 0) is 0 Å². The number of nitrogens with zero attached hydrogens (tertiary/aromatic N) is 1. The first-order valence-electron chi connectivity index (χ1n) is 6.43. The van der Waals surface area contributed by atoms with Gasteiger partial charge in [-0.1, -0.05) is 35.5 Å². The number of carbonyl (C=O) groups excluding carboxylic acids is 1. The average Bonchev–Trinajstić information content (AvgIpc) is 2.88. The zero-order valence-electron chi connectivity index (χ0n) is 11.8. The number of nitrogens with one attached hydrogen (secondary N) is 1. The number of aromatic nitrogens is 1. The summed E-state index contributed by atoms with van der Waals surface area (Å²) in [5.74, 6) is 0.160. The summed E-state index contributed by atoms with van der Waals surface area (Å²) in [5, 5.41) is 16.1. The van der Waals surface area contributed by atoms with Crippen molar-refractivity contribution in [1.82, 2.24) is 10.5 Å². The lowest BCUT2D eigenvalue weighted by atomic mass is 9.98. The molecule has 1 amide bonds. The molecule has 2 rings (SSSR count). The van der Waals surface area contributed by atoms with Gasteiger partial charge in [0.05, 0.1) is 11.6 Å². The highest BCUT2D eigenvalue weighted by atomic mass is 16.5. The van der Waals surface area contributed by atoms with E-state index < -0.39 is 11.6 Å². The Labute approximate surface area is 117 Å². The molecule has 2 aromatic rings. The van der Waals surface area contributed by atoms with Gasteiger partial charge in [-0.05, 0) is 20.8 Å². The molecule has 0 aliphatic carbocycles. The Hall–Kier alpha value is -2.14. The molecule has 0 aliphatic rings. The second-order valence-corrected chi connectivity index (χ2v) is 5.29. The third kappa shape index (κ3) is 3.05. The van der Waals surface area contributed by atoms with Gasteiger partial charge < -0.3 is 14.9 Å². The molecule has 0 aliphatic heterocycles. The zero-order chi connectivity index (χ0) is 14.8. The van der Waals surface area contributed by atoms with Crippen LogP contribution in [0.5, 0.6) is 0 Å². The quantitative estimate of drug-likeness (QED) is 0.896. The third-order valence-corrected chi connectivity index (χ3v) is 3.28. The van der Waals surface area contributed by atoms with E-state index in [0.717, 1.165) is 5.56 Å². The van der Waals surface area contributed by atoms with Crippen molar-refractivity contribution in [2.24, 2.45) is 0 Å². The van der Waals surface area contributed by atoms with E-state index in [1.165, 1.54) is 0 Å². The molecule has 1 unspecified atom stereocenters. The van der Waals surface area contributed by atoms with E-state index in [2.05, 4.69) is 10.5 Å². The number of amides is 1. The Bertz CT molecular complexity index is 588. The lowest BCUT2D eigenvalue weighted by Gasteiger charge is -2.28. The maximum absolute atomic E-state index is 12.1. The highest BCUT2D eigenvalue weighted by molar-refractivity contribution is 5.93. The predicted molar refractivity (Wildman–Crippen MR) is 75.2 cm³/mol. The summed E-state index contributed by atoms with van der Waals surface area (Å²) in [6.45, 7) is 5.11. The molecular weight excluding hydrogens is 256 g/mol. The van der Waals surface area contributed by atoms with E-state index in [0.29, 0.717) is 5.76 Å². The third-order valence-electron chi connectivity index (χ3n) is 3.28. The highest BCUT2D eigenvalue weighted by Crippen LogP contribution is 2.20. The molecule has 20 heavy (non-hydrogen) atoms. The molecule has 0 bridgehead atoms. The van der Waals surface area contributed by atoms with Crippen LogP contribution < -0.4 is 5.32 Å². The van der Waals surface area contributed by atoms with Crippen LogP contribution in [0.2, 0.25) is 0 Å². The molecule has 5 nitrogen and oxygen atoms in total. The number of rotatable bonds is 4. The molecule has 1 aromatic carbocycles. The minimum Gasteiger partial charge on any atom is -0.391 e. The molecule has 0 saturated heterocycles. The SMILES string of the molecule is CC(O)C(C)(C)NC(=O)c1cc(-c2ccccc2)on1. The van der Waals surface area contributed by atoms with Crippen LogP contribution in [0.4, 0.5) is 0 Å². The van der Waals surface area contributed by atoms with E-state index in [4.69, 9.17) is 4.52 Å². The number of hydrogen-bond acceptors (Lipinski definition) is 4. The van der Waals surface area contributed by atoms with Gasteiger partial charge in [0.1, 0.15) is 0 Å². The van der Waals surface area contributed by atoms with Gasteiger partial charge in [0.2, 0.25) is 0 Å². The van der Waals surface area contributed by atoms with Crippen molar-refractivity contribution < 1.29 is 14.4 Å². The fraction of sp³-hybridized carbons (Fsp3) is 0.333. The minimum absolute atomic E-state index is 0.192. The van der Waals surface area contributed by atoms with E-state index in [9.17, 15) is 9.90 Å². The average molecular weight is 274 g/mol. The van der Waals surface area contributed by atoms with Crippen LogP contribution in [0.1, 0.15) is 31.3 Å². The van der Waals surface area contributed by atoms with E-state index in [1.54, 1.807) is 26.8 Å². The summed E-state index contributed by atoms with van der Waals surface area (Å²) >= 11 is 0. The summed E-state index contributed by atoms with van der Waals surface area (Å²) in [5.41, 5.74) is 0.314. The van der Waals surface area contributed by atoms with Crippen molar-refractivity contribution in [2.45, 2.75) is 32.4 Å². The Morgan fingerprint density at radius 2 is 2.00 bits per heavy atom. The van der Waals surface area contributed by atoms with Crippen LogP contribution in [0.25, 0.3) is 11.3 Å². The van der Waals surface area contributed by atoms with Gasteiger partial charge >= 0.3 is 0 Å². The molecule has 1 aromatic heterocycles. The molecule has 106 valence electrons. The normalized spacial score (nSPS) is 13.0. The van der Waals surface area contributed by atoms with Crippen LogP contribution in [0.15, 0.2) is 40.9 Å². The first kappa shape index (κ1) is 14.3. The van der Waals surface area contributed by atoms with E-state index >= 15 is 0 Å². The molecular formula is C15H18N2O3. The Kier molecular flexibility index (Phi) is 3.90. The summed E-state index contributed by atoms with van der Waals surface area (Å²) in [4.78, 5) is 12.1. The van der Waals surface area contributed by atoms with Gasteiger partial charge in [-0.3, -0.25) is 4.79 Å². The van der Waals surface area contributed by atoms with Gasteiger partial charge in [-0.2, -0.15) is 0 Å². The minimum atomic E-state index is -0.733. The maximum atomic E-state index is 12.1. The first-order valence-corrected chi connectivity index (χ1v) is 6.43. The molecule has 2 N–H and O–H groups in total. The molecule has 0 radical (unpaired) electrons. The standard InChI is InChI=1S/C15H18N2O3/c1-10(18)15(2,3)16-14(19)12-9-13(20-17-12)11-7-5-4-6-8-11/h4-10,18H,1-3H3,(H,16,19). The van der Waals surface area contributed by atoms with Crippen molar-refractivity contribution in [1.29, 1.82) is 0 Å². The zero-order valence-corrected chi connectivity index (χ0v) is 11.8. The van der Waals surface area contributed by atoms with Crippen LogP contribution in [0.3, 0.4) is 0 Å². The van der Waals surface area contributed by atoms with E-state index in [-0.39, 0.29) is 11.6 Å². The van der Waals surface area contributed by atoms with Gasteiger partial charge in [0.15, 0.2) is 11.5 Å². The largest absolute Gasteiger partial charge is 0.391 e. The highest BCUT2D eigenvalue weighted by Gasteiger charge is 2.27. The number of carbonyl (C=O) groups is 1. The van der Waals surface area contributed by atoms with Gasteiger partial charge in [-0.15, -0.1) is 0 Å². The lowest BCUT2D eigenvalue weighted by molar-refractivity contribution is 0.0702. The summed E-state index contributed by atoms with van der Waals surface area (Å²) in [6.07, 6.45) is -0.674. The Balaban J connectivity index is 2.15. The van der Waals surface area contributed by atoms with Crippen molar-refractivity contribution in [3.8, 4) is 11.3 Å². The van der Waals surface area contributed by atoms with Crippen LogP contribution >= 0.6 is 0 Å². The topological polar surface area (TPSA) is 75.4 Å². The molecule has 0 spiro atoms. The smallest absolute Gasteiger partial charge is 0.273 e. The second-order valence-electron chi connectivity index (χ2n) is 5.29. The summed E-state index contributed by atoms with van der Waals surface area (Å²) in [7, 11) is 0. The number of benzene rings is 1. The summed E-state index contributed by atoms with van der Waals surface area (Å²) < 4.78 is 5.17. The lowest BCUT2D eigenvalue weighted by Crippen LogP contribution is -2.51. The number of aliphatic hydroxyl groups excluding tert-OH is 1. The van der Waals surface area contributed by atoms with Crippen molar-refractivity contribution in [3.63, 3.8) is 0 Å². The second kappa shape index (κ2) is 5.46. The first-order chi connectivity index (χ1) is 9.40. The van der Waals surface area contributed by atoms with Gasteiger partial charge in [0, 0.05) is 11.6 Å². The van der Waals surface area contributed by atoms with Crippen molar-refractivity contribution in [3.05, 3.63) is 42.1 Å². The molecule has 1 atom stereocenters. The molecule has 0 saturated carbocycles. The Morgan fingerprint density at radius 1 is 1.35 bits per heavy atom. The molecule has 0 fully saturated rings. The molecule has 1 heterocycles. The fourth-order valence-electron chi connectivity index (χ4n) is 1.58. The van der Waals surface area contributed by atoms with Gasteiger partial charge in [0.25, 0.3) is 5.91 Å². The van der Waals surface area contributed by atoms with Crippen LogP contribution in [0, 0.1) is 0 Å². The van der Waals surface area contributed by atoms with E-state index in [1.807, 2.05) is 30.3 Å². The van der Waals surface area contributed by atoms with Crippen LogP contribution in [-0.4, -0.2) is 27.8 Å². The van der Waals surface area contributed by atoms with Crippen molar-refractivity contribution in [2.75, 3.05) is 0 Å². The summed E-state index contributed by atoms with van der Waals surface area (Å²) in [6, 6.07) is 11.0.